The first-order chi connectivity index (χ1) is 5.36. The molecule has 0 bridgehead atoms. The van der Waals surface area contributed by atoms with Crippen molar-refractivity contribution in [1.82, 2.24) is 5.32 Å². The van der Waals surface area contributed by atoms with E-state index < -0.39 is 11.4 Å². The van der Waals surface area contributed by atoms with Crippen molar-refractivity contribution in [2.75, 3.05) is 13.1 Å². The largest absolute Gasteiger partial charge is 0.481 e. The normalized spacial score (nSPS) is 11.2. The monoisotopic (exact) mass is 171 g/mol. The van der Waals surface area contributed by atoms with E-state index in [4.69, 9.17) is 5.11 Å². The summed E-state index contributed by atoms with van der Waals surface area (Å²) in [7, 11) is 0. The lowest BCUT2D eigenvalue weighted by molar-refractivity contribution is -0.146. The first-order valence-corrected chi connectivity index (χ1v) is 3.95. The van der Waals surface area contributed by atoms with E-state index in [-0.39, 0.29) is 0 Å². The van der Waals surface area contributed by atoms with E-state index in [2.05, 4.69) is 11.9 Å². The van der Waals surface area contributed by atoms with Gasteiger partial charge in [-0.2, -0.15) is 0 Å². The van der Waals surface area contributed by atoms with Gasteiger partial charge in [0, 0.05) is 13.1 Å². The predicted molar refractivity (Wildman–Crippen MR) is 49.1 cm³/mol. The zero-order valence-corrected chi connectivity index (χ0v) is 7.98. The molecule has 0 spiro atoms. The highest BCUT2D eigenvalue weighted by Crippen LogP contribution is 2.12. The van der Waals surface area contributed by atoms with Crippen molar-refractivity contribution in [3.8, 4) is 0 Å². The van der Waals surface area contributed by atoms with Crippen LogP contribution in [0, 0.1) is 5.41 Å². The molecule has 0 aromatic heterocycles. The summed E-state index contributed by atoms with van der Waals surface area (Å²) in [6.45, 7) is 10.1. The molecule has 0 atom stereocenters. The number of rotatable bonds is 5. The first-order valence-electron chi connectivity index (χ1n) is 3.95. The Labute approximate surface area is 73.5 Å². The average molecular weight is 171 g/mol. The fourth-order valence-electron chi connectivity index (χ4n) is 0.664. The molecule has 0 aliphatic heterocycles. The maximum absolute atomic E-state index is 10.6. The van der Waals surface area contributed by atoms with E-state index in [9.17, 15) is 4.79 Å². The highest BCUT2D eigenvalue weighted by molar-refractivity contribution is 5.73. The lowest BCUT2D eigenvalue weighted by atomic mass is 9.94. The Bertz CT molecular complexity index is 185. The van der Waals surface area contributed by atoms with Crippen LogP contribution in [0.1, 0.15) is 20.8 Å². The summed E-state index contributed by atoms with van der Waals surface area (Å²) in [5, 5.41) is 11.8. The molecular weight excluding hydrogens is 154 g/mol. The van der Waals surface area contributed by atoms with Gasteiger partial charge in [0.2, 0.25) is 0 Å². The number of aliphatic carboxylic acids is 1. The number of carbonyl (C=O) groups is 1. The molecule has 0 saturated heterocycles. The standard InChI is InChI=1S/C9H17NO2/c1-7(2)5-10-6-9(3,4)8(11)12/h10H,1,5-6H2,2-4H3,(H,11,12). The van der Waals surface area contributed by atoms with Crippen molar-refractivity contribution >= 4 is 5.97 Å². The third-order valence-electron chi connectivity index (χ3n) is 1.57. The molecule has 3 heteroatoms. The summed E-state index contributed by atoms with van der Waals surface area (Å²) in [6, 6.07) is 0. The van der Waals surface area contributed by atoms with Gasteiger partial charge >= 0.3 is 5.97 Å². The summed E-state index contributed by atoms with van der Waals surface area (Å²) < 4.78 is 0. The van der Waals surface area contributed by atoms with Crippen LogP contribution in [0.2, 0.25) is 0 Å². The van der Waals surface area contributed by atoms with Crippen molar-refractivity contribution in [2.24, 2.45) is 5.41 Å². The highest BCUT2D eigenvalue weighted by Gasteiger charge is 2.26. The molecule has 0 heterocycles. The van der Waals surface area contributed by atoms with E-state index in [0.29, 0.717) is 13.1 Å². The van der Waals surface area contributed by atoms with Crippen LogP contribution in [0.3, 0.4) is 0 Å². The first kappa shape index (κ1) is 11.2. The predicted octanol–water partition coefficient (Wildman–Crippen LogP) is 1.26. The molecule has 12 heavy (non-hydrogen) atoms. The lowest BCUT2D eigenvalue weighted by Crippen LogP contribution is -2.36. The highest BCUT2D eigenvalue weighted by atomic mass is 16.4. The summed E-state index contributed by atoms with van der Waals surface area (Å²) >= 11 is 0. The number of nitrogens with one attached hydrogen (secondary N) is 1. The average Bonchev–Trinajstić information content (AvgIpc) is 1.85. The minimum Gasteiger partial charge on any atom is -0.481 e. The summed E-state index contributed by atoms with van der Waals surface area (Å²) in [6.07, 6.45) is 0. The van der Waals surface area contributed by atoms with Gasteiger partial charge < -0.3 is 10.4 Å². The fourth-order valence-corrected chi connectivity index (χ4v) is 0.664. The van der Waals surface area contributed by atoms with Crippen molar-refractivity contribution < 1.29 is 9.90 Å². The molecule has 0 aromatic rings. The molecule has 0 unspecified atom stereocenters. The molecule has 2 N–H and O–H groups in total. The van der Waals surface area contributed by atoms with Crippen molar-refractivity contribution in [2.45, 2.75) is 20.8 Å². The third kappa shape index (κ3) is 4.13. The van der Waals surface area contributed by atoms with Gasteiger partial charge in [0.15, 0.2) is 0 Å². The Morgan fingerprint density at radius 1 is 1.58 bits per heavy atom. The van der Waals surface area contributed by atoms with Gasteiger partial charge in [-0.25, -0.2) is 0 Å². The maximum atomic E-state index is 10.6. The van der Waals surface area contributed by atoms with E-state index in [0.717, 1.165) is 5.57 Å². The Kier molecular flexibility index (Phi) is 3.96. The number of hydrogen-bond acceptors (Lipinski definition) is 2. The van der Waals surface area contributed by atoms with Gasteiger partial charge in [-0.05, 0) is 20.8 Å². The number of hydrogen-bond donors (Lipinski definition) is 2. The van der Waals surface area contributed by atoms with Gasteiger partial charge in [-0.3, -0.25) is 4.79 Å². The van der Waals surface area contributed by atoms with Gasteiger partial charge in [-0.1, -0.05) is 12.2 Å². The zero-order valence-electron chi connectivity index (χ0n) is 7.98. The second-order valence-electron chi connectivity index (χ2n) is 3.75. The van der Waals surface area contributed by atoms with Crippen LogP contribution in [0.15, 0.2) is 12.2 Å². The quantitative estimate of drug-likeness (QED) is 0.612. The van der Waals surface area contributed by atoms with Gasteiger partial charge in [0.1, 0.15) is 0 Å². The molecule has 0 radical (unpaired) electrons. The molecule has 0 saturated carbocycles. The maximum Gasteiger partial charge on any atom is 0.310 e. The topological polar surface area (TPSA) is 49.3 Å². The van der Waals surface area contributed by atoms with Crippen LogP contribution in [-0.4, -0.2) is 24.2 Å². The smallest absolute Gasteiger partial charge is 0.310 e. The fraction of sp³-hybridized carbons (Fsp3) is 0.667. The van der Waals surface area contributed by atoms with Gasteiger partial charge in [0.25, 0.3) is 0 Å². The van der Waals surface area contributed by atoms with E-state index in [1.807, 2.05) is 6.92 Å². The van der Waals surface area contributed by atoms with E-state index in [1.165, 1.54) is 0 Å². The van der Waals surface area contributed by atoms with Crippen molar-refractivity contribution in [3.63, 3.8) is 0 Å². The molecule has 0 aliphatic rings. The van der Waals surface area contributed by atoms with Crippen LogP contribution in [0.4, 0.5) is 0 Å². The Morgan fingerprint density at radius 3 is 2.42 bits per heavy atom. The van der Waals surface area contributed by atoms with Crippen molar-refractivity contribution in [1.29, 1.82) is 0 Å². The lowest BCUT2D eigenvalue weighted by Gasteiger charge is -2.19. The van der Waals surface area contributed by atoms with E-state index >= 15 is 0 Å². The minimum atomic E-state index is -0.781. The minimum absolute atomic E-state index is 0.467. The summed E-state index contributed by atoms with van der Waals surface area (Å²) in [5.41, 5.74) is 0.311. The van der Waals surface area contributed by atoms with Crippen LogP contribution in [0.5, 0.6) is 0 Å². The molecule has 0 fully saturated rings. The molecule has 0 rings (SSSR count). The molecular formula is C9H17NO2. The Morgan fingerprint density at radius 2 is 2.08 bits per heavy atom. The van der Waals surface area contributed by atoms with E-state index in [1.54, 1.807) is 13.8 Å². The number of carboxylic acid groups (broad SMARTS) is 1. The van der Waals surface area contributed by atoms with Gasteiger partial charge in [0.05, 0.1) is 5.41 Å². The SMILES string of the molecule is C=C(C)CNCC(C)(C)C(=O)O. The summed E-state index contributed by atoms with van der Waals surface area (Å²) in [5.74, 6) is -0.781. The van der Waals surface area contributed by atoms with Crippen LogP contribution in [0.25, 0.3) is 0 Å². The zero-order chi connectivity index (χ0) is 9.78. The second kappa shape index (κ2) is 4.26. The summed E-state index contributed by atoms with van der Waals surface area (Å²) in [4.78, 5) is 10.6. The third-order valence-corrected chi connectivity index (χ3v) is 1.57. The van der Waals surface area contributed by atoms with Crippen LogP contribution >= 0.6 is 0 Å². The molecule has 0 aromatic carbocycles. The van der Waals surface area contributed by atoms with Crippen molar-refractivity contribution in [3.05, 3.63) is 12.2 Å². The van der Waals surface area contributed by atoms with Crippen LogP contribution < -0.4 is 5.32 Å². The molecule has 0 aliphatic carbocycles. The molecule has 70 valence electrons. The van der Waals surface area contributed by atoms with Gasteiger partial charge in [-0.15, -0.1) is 0 Å². The van der Waals surface area contributed by atoms with Crippen LogP contribution in [-0.2, 0) is 4.79 Å². The molecule has 3 nitrogen and oxygen atoms in total. The molecule has 0 amide bonds. The number of carboxylic acids is 1. The Balaban J connectivity index is 3.76. The second-order valence-corrected chi connectivity index (χ2v) is 3.75. The Hall–Kier alpha value is -0.830.